The lowest BCUT2D eigenvalue weighted by molar-refractivity contribution is 0.194. The summed E-state index contributed by atoms with van der Waals surface area (Å²) in [5.41, 5.74) is 7.07. The van der Waals surface area contributed by atoms with Crippen LogP contribution in [-0.2, 0) is 19.4 Å². The van der Waals surface area contributed by atoms with Crippen molar-refractivity contribution in [2.75, 3.05) is 11.6 Å². The van der Waals surface area contributed by atoms with Crippen LogP contribution in [0.2, 0.25) is 0 Å². The Kier molecular flexibility index (Phi) is 5.94. The first-order chi connectivity index (χ1) is 17.1. The monoisotopic (exact) mass is 499 g/mol. The minimum atomic E-state index is -0.176. The molecule has 35 heavy (non-hydrogen) atoms. The second kappa shape index (κ2) is 9.25. The van der Waals surface area contributed by atoms with Crippen LogP contribution in [0.3, 0.4) is 0 Å². The Bertz CT molecular complexity index is 1370. The zero-order valence-corrected chi connectivity index (χ0v) is 21.7. The third-order valence-corrected chi connectivity index (χ3v) is 9.25. The third-order valence-electron chi connectivity index (χ3n) is 7.17. The highest BCUT2D eigenvalue weighted by molar-refractivity contribution is 7.98. The number of amides is 2. The van der Waals surface area contributed by atoms with Gasteiger partial charge in [-0.2, -0.15) is 0 Å². The number of nitrogens with one attached hydrogen (secondary N) is 1. The van der Waals surface area contributed by atoms with Gasteiger partial charge in [-0.1, -0.05) is 29.8 Å². The second-order valence-electron chi connectivity index (χ2n) is 9.40. The van der Waals surface area contributed by atoms with Gasteiger partial charge in [0.2, 0.25) is 0 Å². The summed E-state index contributed by atoms with van der Waals surface area (Å²) in [5.74, 6) is 0. The van der Waals surface area contributed by atoms with Gasteiger partial charge < -0.3 is 14.8 Å². The van der Waals surface area contributed by atoms with Crippen molar-refractivity contribution in [3.8, 4) is 5.00 Å². The van der Waals surface area contributed by atoms with E-state index in [0.717, 1.165) is 29.8 Å². The third kappa shape index (κ3) is 4.09. The number of hydrogen-bond donors (Lipinski definition) is 1. The topological polar surface area (TPSA) is 37.3 Å². The number of thiophene rings is 1. The molecule has 2 amide bonds. The summed E-state index contributed by atoms with van der Waals surface area (Å²) in [7, 11) is 0. The zero-order chi connectivity index (χ0) is 23.9. The summed E-state index contributed by atoms with van der Waals surface area (Å²) in [6.07, 6.45) is 9.00. The number of fused-ring (bicyclic) bond motifs is 5. The van der Waals surface area contributed by atoms with E-state index in [4.69, 9.17) is 0 Å². The number of carbonyl (C=O) groups excluding carboxylic acids is 1. The van der Waals surface area contributed by atoms with Gasteiger partial charge in [0, 0.05) is 27.2 Å². The van der Waals surface area contributed by atoms with Crippen LogP contribution in [0.1, 0.15) is 51.7 Å². The molecule has 0 fully saturated rings. The molecular weight excluding hydrogens is 470 g/mol. The van der Waals surface area contributed by atoms with Crippen LogP contribution in [0, 0.1) is 6.92 Å². The molecule has 4 nitrogen and oxygen atoms in total. The lowest BCUT2D eigenvalue weighted by Crippen LogP contribution is -2.38. The Morgan fingerprint density at radius 2 is 1.77 bits per heavy atom. The van der Waals surface area contributed by atoms with Crippen LogP contribution < -0.4 is 5.32 Å². The van der Waals surface area contributed by atoms with Gasteiger partial charge in [-0.15, -0.1) is 23.1 Å². The second-order valence-corrected chi connectivity index (χ2v) is 11.4. The minimum absolute atomic E-state index is 0.0656. The number of benzene rings is 2. The Morgan fingerprint density at radius 1 is 1.00 bits per heavy atom. The van der Waals surface area contributed by atoms with Gasteiger partial charge in [-0.25, -0.2) is 4.79 Å². The molecule has 0 unspecified atom stereocenters. The smallest absolute Gasteiger partial charge is 0.310 e. The van der Waals surface area contributed by atoms with Gasteiger partial charge in [0.25, 0.3) is 0 Å². The number of nitrogens with zero attached hydrogens (tertiary/aromatic N) is 2. The van der Waals surface area contributed by atoms with E-state index in [9.17, 15) is 4.79 Å². The summed E-state index contributed by atoms with van der Waals surface area (Å²) in [5, 5.41) is 4.48. The van der Waals surface area contributed by atoms with E-state index in [1.54, 1.807) is 11.8 Å². The van der Waals surface area contributed by atoms with Crippen molar-refractivity contribution < 1.29 is 4.79 Å². The standard InChI is InChI=1S/C29H29N3OS2/c1-19-9-13-21(14-10-19)30-29(33)32-18-24-23-6-3-4-8-26(23)35-28(24)31-17-5-7-25(31)27(32)20-11-15-22(34-2)16-12-20/h5,7,9-17,27H,3-4,6,8,18H2,1-2H3,(H,30,33)/t27-/m1/s1. The highest BCUT2D eigenvalue weighted by Crippen LogP contribution is 2.44. The van der Waals surface area contributed by atoms with Gasteiger partial charge in [0.1, 0.15) is 5.00 Å². The van der Waals surface area contributed by atoms with Crippen molar-refractivity contribution in [3.63, 3.8) is 0 Å². The molecule has 3 heterocycles. The maximum Gasteiger partial charge on any atom is 0.322 e. The number of carbonyl (C=O) groups is 1. The Morgan fingerprint density at radius 3 is 2.54 bits per heavy atom. The minimum Gasteiger partial charge on any atom is -0.310 e. The van der Waals surface area contributed by atoms with Gasteiger partial charge in [0.15, 0.2) is 0 Å². The molecule has 2 aromatic heterocycles. The highest BCUT2D eigenvalue weighted by Gasteiger charge is 2.36. The molecule has 0 spiro atoms. The predicted molar refractivity (Wildman–Crippen MR) is 146 cm³/mol. The Balaban J connectivity index is 1.48. The van der Waals surface area contributed by atoms with Crippen molar-refractivity contribution in [2.45, 2.75) is 50.1 Å². The lowest BCUT2D eigenvalue weighted by atomic mass is 9.95. The first-order valence-electron chi connectivity index (χ1n) is 12.2. The van der Waals surface area contributed by atoms with E-state index in [1.165, 1.54) is 44.3 Å². The van der Waals surface area contributed by atoms with E-state index in [2.05, 4.69) is 65.7 Å². The molecule has 6 rings (SSSR count). The number of urea groups is 1. The van der Waals surface area contributed by atoms with E-state index in [-0.39, 0.29) is 12.1 Å². The number of aryl methyl sites for hydroxylation is 2. The summed E-state index contributed by atoms with van der Waals surface area (Å²) < 4.78 is 2.34. The zero-order valence-electron chi connectivity index (χ0n) is 20.1. The number of anilines is 1. The van der Waals surface area contributed by atoms with Crippen LogP contribution >= 0.6 is 23.1 Å². The van der Waals surface area contributed by atoms with Crippen molar-refractivity contribution in [1.82, 2.24) is 9.47 Å². The lowest BCUT2D eigenvalue weighted by Gasteiger charge is -2.31. The fraction of sp³-hybridized carbons (Fsp3) is 0.276. The Labute approximate surface area is 215 Å². The highest BCUT2D eigenvalue weighted by atomic mass is 32.2. The van der Waals surface area contributed by atoms with Gasteiger partial charge in [-0.05, 0) is 86.4 Å². The van der Waals surface area contributed by atoms with E-state index >= 15 is 0 Å². The van der Waals surface area contributed by atoms with Crippen LogP contribution in [0.25, 0.3) is 5.00 Å². The molecular formula is C29H29N3OS2. The van der Waals surface area contributed by atoms with Gasteiger partial charge >= 0.3 is 6.03 Å². The molecule has 4 aromatic rings. The molecule has 178 valence electrons. The number of thioether (sulfide) groups is 1. The molecule has 2 aliphatic rings. The van der Waals surface area contributed by atoms with Crippen molar-refractivity contribution in [1.29, 1.82) is 0 Å². The molecule has 0 saturated heterocycles. The molecule has 2 aromatic carbocycles. The largest absolute Gasteiger partial charge is 0.322 e. The van der Waals surface area contributed by atoms with Gasteiger partial charge in [-0.3, -0.25) is 0 Å². The van der Waals surface area contributed by atoms with E-state index in [1.807, 2.05) is 40.5 Å². The molecule has 1 aliphatic heterocycles. The average molecular weight is 500 g/mol. The Hall–Kier alpha value is -2.96. The molecule has 0 bridgehead atoms. The van der Waals surface area contributed by atoms with E-state index < -0.39 is 0 Å². The molecule has 1 atom stereocenters. The fourth-order valence-electron chi connectivity index (χ4n) is 5.36. The molecule has 6 heteroatoms. The predicted octanol–water partition coefficient (Wildman–Crippen LogP) is 7.59. The SMILES string of the molecule is CSc1ccc([C@@H]2c3cccn3-c3sc4c(c3CN2C(=O)Nc2ccc(C)cc2)CCCC4)cc1. The molecule has 0 saturated carbocycles. The molecule has 0 radical (unpaired) electrons. The van der Waals surface area contributed by atoms with Crippen LogP contribution in [0.15, 0.2) is 71.8 Å². The van der Waals surface area contributed by atoms with Crippen LogP contribution in [-0.4, -0.2) is 21.8 Å². The van der Waals surface area contributed by atoms with E-state index in [0.29, 0.717) is 6.54 Å². The quantitative estimate of drug-likeness (QED) is 0.295. The van der Waals surface area contributed by atoms with Crippen molar-refractivity contribution in [2.24, 2.45) is 0 Å². The van der Waals surface area contributed by atoms with Crippen LogP contribution in [0.4, 0.5) is 10.5 Å². The normalized spacial score (nSPS) is 16.7. The first kappa shape index (κ1) is 22.5. The molecule has 1 aliphatic carbocycles. The maximum atomic E-state index is 13.9. The number of hydrogen-bond acceptors (Lipinski definition) is 3. The van der Waals surface area contributed by atoms with Crippen molar-refractivity contribution >= 4 is 34.8 Å². The summed E-state index contributed by atoms with van der Waals surface area (Å²) >= 11 is 3.66. The fourth-order valence-corrected chi connectivity index (χ4v) is 7.17. The van der Waals surface area contributed by atoms with Gasteiger partial charge in [0.05, 0.1) is 18.3 Å². The number of rotatable bonds is 3. The van der Waals surface area contributed by atoms with Crippen molar-refractivity contribution in [3.05, 3.63) is 99.7 Å². The molecule has 1 N–H and O–H groups in total. The summed E-state index contributed by atoms with van der Waals surface area (Å²) in [6, 6.07) is 20.7. The summed E-state index contributed by atoms with van der Waals surface area (Å²) in [6.45, 7) is 2.67. The number of aromatic nitrogens is 1. The summed E-state index contributed by atoms with van der Waals surface area (Å²) in [4.78, 5) is 18.7. The maximum absolute atomic E-state index is 13.9. The first-order valence-corrected chi connectivity index (χ1v) is 14.3. The average Bonchev–Trinajstić information content (AvgIpc) is 3.47. The van der Waals surface area contributed by atoms with Crippen LogP contribution in [0.5, 0.6) is 0 Å².